The normalized spacial score (nSPS) is 12.2. The molecule has 138 valence electrons. The van der Waals surface area contributed by atoms with Gasteiger partial charge in [-0.25, -0.2) is 4.99 Å². The maximum Gasteiger partial charge on any atom is 0.191 e. The van der Waals surface area contributed by atoms with E-state index >= 15 is 0 Å². The van der Waals surface area contributed by atoms with E-state index in [-0.39, 0.29) is 30.6 Å². The molecule has 1 aromatic carbocycles. The summed E-state index contributed by atoms with van der Waals surface area (Å²) in [7, 11) is 1.67. The topological polar surface area (TPSA) is 65.9 Å². The number of rotatable bonds is 10. The lowest BCUT2D eigenvalue weighted by atomic mass is 10.0. The van der Waals surface area contributed by atoms with Crippen LogP contribution >= 0.6 is 24.0 Å². The summed E-state index contributed by atoms with van der Waals surface area (Å²) in [6, 6.07) is 7.95. The standard InChI is InChI=1S/C18H31N3O2.HI/c1-4-7-15(10-11-22)13-20-18(19-5-2)21-14-16-8-6-9-17(12-16)23-3;/h6,8-9,12,15,22H,4-5,7,10-11,13-14H2,1-3H3,(H2,19,20,21);1H. The lowest BCUT2D eigenvalue weighted by Gasteiger charge is -2.18. The summed E-state index contributed by atoms with van der Waals surface area (Å²) in [6.45, 7) is 6.72. The third kappa shape index (κ3) is 9.32. The minimum absolute atomic E-state index is 0. The predicted molar refractivity (Wildman–Crippen MR) is 111 cm³/mol. The number of aliphatic hydroxyl groups is 1. The van der Waals surface area contributed by atoms with Gasteiger partial charge in [0, 0.05) is 19.7 Å². The Kier molecular flexibility index (Phi) is 13.7. The molecule has 1 unspecified atom stereocenters. The Hall–Kier alpha value is -1.02. The second kappa shape index (κ2) is 14.3. The smallest absolute Gasteiger partial charge is 0.191 e. The van der Waals surface area contributed by atoms with Gasteiger partial charge >= 0.3 is 0 Å². The maximum absolute atomic E-state index is 9.15. The van der Waals surface area contributed by atoms with Crippen LogP contribution in [0.1, 0.15) is 38.7 Å². The quantitative estimate of drug-likeness (QED) is 0.292. The molecule has 0 fully saturated rings. The zero-order chi connectivity index (χ0) is 16.9. The molecule has 1 rings (SSSR count). The minimum Gasteiger partial charge on any atom is -0.497 e. The number of nitrogens with one attached hydrogen (secondary N) is 2. The van der Waals surface area contributed by atoms with Crippen molar-refractivity contribution in [2.24, 2.45) is 10.9 Å². The fraction of sp³-hybridized carbons (Fsp3) is 0.611. The molecule has 0 aliphatic heterocycles. The highest BCUT2D eigenvalue weighted by molar-refractivity contribution is 14.0. The van der Waals surface area contributed by atoms with Crippen molar-refractivity contribution in [3.05, 3.63) is 29.8 Å². The number of ether oxygens (including phenoxy) is 1. The first-order valence-corrected chi connectivity index (χ1v) is 8.49. The number of nitrogens with zero attached hydrogens (tertiary/aromatic N) is 1. The zero-order valence-electron chi connectivity index (χ0n) is 15.0. The van der Waals surface area contributed by atoms with Crippen molar-refractivity contribution >= 4 is 29.9 Å². The van der Waals surface area contributed by atoms with Crippen molar-refractivity contribution in [2.75, 3.05) is 26.8 Å². The van der Waals surface area contributed by atoms with Gasteiger partial charge in [-0.1, -0.05) is 25.5 Å². The van der Waals surface area contributed by atoms with Crippen LogP contribution in [0.3, 0.4) is 0 Å². The van der Waals surface area contributed by atoms with Crippen LogP contribution in [-0.2, 0) is 6.54 Å². The number of benzene rings is 1. The third-order valence-corrected chi connectivity index (χ3v) is 3.69. The number of hydrogen-bond acceptors (Lipinski definition) is 3. The van der Waals surface area contributed by atoms with E-state index in [9.17, 15) is 0 Å². The van der Waals surface area contributed by atoms with E-state index in [0.29, 0.717) is 12.5 Å². The molecule has 0 saturated heterocycles. The fourth-order valence-electron chi connectivity index (χ4n) is 2.46. The highest BCUT2D eigenvalue weighted by atomic mass is 127. The minimum atomic E-state index is 0. The van der Waals surface area contributed by atoms with Crippen molar-refractivity contribution in [1.29, 1.82) is 0 Å². The number of hydrogen-bond donors (Lipinski definition) is 3. The van der Waals surface area contributed by atoms with Crippen molar-refractivity contribution < 1.29 is 9.84 Å². The largest absolute Gasteiger partial charge is 0.497 e. The average Bonchev–Trinajstić information content (AvgIpc) is 2.57. The number of aliphatic hydroxyl groups excluding tert-OH is 1. The van der Waals surface area contributed by atoms with Crippen LogP contribution in [-0.4, -0.2) is 37.9 Å². The van der Waals surface area contributed by atoms with Crippen molar-refractivity contribution in [3.63, 3.8) is 0 Å². The van der Waals surface area contributed by atoms with E-state index in [2.05, 4.69) is 29.5 Å². The second-order valence-corrected chi connectivity index (χ2v) is 5.59. The van der Waals surface area contributed by atoms with Crippen LogP contribution in [0.25, 0.3) is 0 Å². The zero-order valence-corrected chi connectivity index (χ0v) is 17.4. The lowest BCUT2D eigenvalue weighted by molar-refractivity contribution is 0.251. The van der Waals surface area contributed by atoms with E-state index in [1.165, 1.54) is 0 Å². The van der Waals surface area contributed by atoms with Crippen LogP contribution in [0.15, 0.2) is 29.3 Å². The molecule has 0 saturated carbocycles. The molecule has 0 radical (unpaired) electrons. The number of halogens is 1. The lowest BCUT2D eigenvalue weighted by Crippen LogP contribution is -2.40. The van der Waals surface area contributed by atoms with Crippen molar-refractivity contribution in [2.45, 2.75) is 39.7 Å². The Bertz CT molecular complexity index is 463. The van der Waals surface area contributed by atoms with E-state index in [1.807, 2.05) is 24.3 Å². The molecule has 0 spiro atoms. The Balaban J connectivity index is 0.00000529. The average molecular weight is 449 g/mol. The van der Waals surface area contributed by atoms with Crippen LogP contribution in [0.4, 0.5) is 0 Å². The number of guanidine groups is 1. The van der Waals surface area contributed by atoms with E-state index < -0.39 is 0 Å². The third-order valence-electron chi connectivity index (χ3n) is 3.69. The molecule has 3 N–H and O–H groups in total. The van der Waals surface area contributed by atoms with E-state index in [4.69, 9.17) is 9.84 Å². The Morgan fingerprint density at radius 1 is 1.25 bits per heavy atom. The van der Waals surface area contributed by atoms with Gasteiger partial charge in [-0.2, -0.15) is 0 Å². The van der Waals surface area contributed by atoms with Crippen molar-refractivity contribution in [1.82, 2.24) is 10.6 Å². The molecule has 0 aliphatic carbocycles. The first-order valence-electron chi connectivity index (χ1n) is 8.49. The summed E-state index contributed by atoms with van der Waals surface area (Å²) < 4.78 is 5.24. The molecule has 1 aromatic rings. The molecule has 6 heteroatoms. The van der Waals surface area contributed by atoms with Crippen LogP contribution in [0.2, 0.25) is 0 Å². The number of methoxy groups -OCH3 is 1. The molecule has 0 aliphatic rings. The maximum atomic E-state index is 9.15. The van der Waals surface area contributed by atoms with E-state index in [1.54, 1.807) is 7.11 Å². The highest BCUT2D eigenvalue weighted by Crippen LogP contribution is 2.13. The predicted octanol–water partition coefficient (Wildman–Crippen LogP) is 3.17. The second-order valence-electron chi connectivity index (χ2n) is 5.59. The first-order chi connectivity index (χ1) is 11.2. The summed E-state index contributed by atoms with van der Waals surface area (Å²) in [6.07, 6.45) is 3.07. The highest BCUT2D eigenvalue weighted by Gasteiger charge is 2.08. The SMILES string of the molecule is CCCC(CCO)CNC(=NCc1cccc(OC)c1)NCC.I. The monoisotopic (exact) mass is 449 g/mol. The molecule has 1 atom stereocenters. The van der Waals surface area contributed by atoms with Crippen LogP contribution in [0.5, 0.6) is 5.75 Å². The van der Waals surface area contributed by atoms with Gasteiger partial charge in [-0.3, -0.25) is 0 Å². The summed E-state index contributed by atoms with van der Waals surface area (Å²) in [5.74, 6) is 2.14. The summed E-state index contributed by atoms with van der Waals surface area (Å²) in [4.78, 5) is 4.63. The van der Waals surface area contributed by atoms with Crippen LogP contribution < -0.4 is 15.4 Å². The van der Waals surface area contributed by atoms with Gasteiger partial charge in [0.05, 0.1) is 13.7 Å². The molecule has 0 amide bonds. The van der Waals surface area contributed by atoms with Gasteiger partial charge in [0.15, 0.2) is 5.96 Å². The summed E-state index contributed by atoms with van der Waals surface area (Å²) >= 11 is 0. The summed E-state index contributed by atoms with van der Waals surface area (Å²) in [5.41, 5.74) is 1.11. The molecule has 0 aromatic heterocycles. The molecular weight excluding hydrogens is 417 g/mol. The molecular formula is C18H32IN3O2. The van der Waals surface area contributed by atoms with Gasteiger partial charge in [0.1, 0.15) is 5.75 Å². The van der Waals surface area contributed by atoms with Crippen LogP contribution in [0, 0.1) is 5.92 Å². The molecule has 0 bridgehead atoms. The van der Waals surface area contributed by atoms with Gasteiger partial charge < -0.3 is 20.5 Å². The Morgan fingerprint density at radius 3 is 2.67 bits per heavy atom. The number of aliphatic imine (C=N–C) groups is 1. The van der Waals surface area contributed by atoms with Gasteiger partial charge in [0.25, 0.3) is 0 Å². The van der Waals surface area contributed by atoms with Gasteiger partial charge in [-0.15, -0.1) is 24.0 Å². The Labute approximate surface area is 163 Å². The van der Waals surface area contributed by atoms with Crippen molar-refractivity contribution in [3.8, 4) is 5.75 Å². The van der Waals surface area contributed by atoms with E-state index in [0.717, 1.165) is 49.6 Å². The Morgan fingerprint density at radius 2 is 2.04 bits per heavy atom. The molecule has 5 nitrogen and oxygen atoms in total. The summed E-state index contributed by atoms with van der Waals surface area (Å²) in [5, 5.41) is 15.8. The molecule has 0 heterocycles. The van der Waals surface area contributed by atoms with Gasteiger partial charge in [-0.05, 0) is 43.4 Å². The first kappa shape index (κ1) is 23.0. The molecule has 24 heavy (non-hydrogen) atoms. The van der Waals surface area contributed by atoms with Gasteiger partial charge in [0.2, 0.25) is 0 Å². The fourth-order valence-corrected chi connectivity index (χ4v) is 2.46.